The van der Waals surface area contributed by atoms with Crippen molar-refractivity contribution in [2.24, 2.45) is 0 Å². The Morgan fingerprint density at radius 1 is 0.879 bits per heavy atom. The minimum absolute atomic E-state index is 0.285. The summed E-state index contributed by atoms with van der Waals surface area (Å²) in [5.74, 6) is -0.872. The van der Waals surface area contributed by atoms with Crippen molar-refractivity contribution >= 4 is 17.6 Å². The van der Waals surface area contributed by atoms with Gasteiger partial charge < -0.3 is 14.6 Å². The lowest BCUT2D eigenvalue weighted by Gasteiger charge is -2.21. The molecule has 0 fully saturated rings. The second-order valence-electron chi connectivity index (χ2n) is 8.60. The van der Waals surface area contributed by atoms with Gasteiger partial charge in [-0.1, -0.05) is 36.4 Å². The van der Waals surface area contributed by atoms with E-state index in [-0.39, 0.29) is 11.5 Å². The van der Waals surface area contributed by atoms with Crippen molar-refractivity contribution in [3.05, 3.63) is 103 Å². The van der Waals surface area contributed by atoms with E-state index in [1.54, 1.807) is 45.2 Å². The fraction of sp³-hybridized carbons (Fsp3) is 0.148. The highest BCUT2D eigenvalue weighted by molar-refractivity contribution is 6.08. The Labute approximate surface area is 192 Å². The fourth-order valence-corrected chi connectivity index (χ4v) is 3.36. The lowest BCUT2D eigenvalue weighted by molar-refractivity contribution is 0.00708. The number of nitrogens with zero attached hydrogens (tertiary/aromatic N) is 2. The average Bonchev–Trinajstić information content (AvgIpc) is 3.34. The Kier molecular flexibility index (Phi) is 6.09. The topological polar surface area (TPSA) is 73.2 Å². The highest BCUT2D eigenvalue weighted by Crippen LogP contribution is 2.28. The summed E-state index contributed by atoms with van der Waals surface area (Å²) in [5, 5.41) is 2.89. The van der Waals surface area contributed by atoms with Gasteiger partial charge in [0, 0.05) is 18.6 Å². The highest BCUT2D eigenvalue weighted by Gasteiger charge is 2.22. The molecule has 2 aromatic carbocycles. The lowest BCUT2D eigenvalue weighted by atomic mass is 10.0. The highest BCUT2D eigenvalue weighted by atomic mass is 16.6. The number of nitrogens with one attached hydrogen (secondary N) is 1. The van der Waals surface area contributed by atoms with Gasteiger partial charge in [0.15, 0.2) is 0 Å². The first kappa shape index (κ1) is 22.0. The van der Waals surface area contributed by atoms with Crippen LogP contribution in [0.5, 0.6) is 0 Å². The molecule has 0 radical (unpaired) electrons. The predicted molar refractivity (Wildman–Crippen MR) is 129 cm³/mol. The largest absolute Gasteiger partial charge is 0.456 e. The van der Waals surface area contributed by atoms with E-state index in [9.17, 15) is 9.59 Å². The fourth-order valence-electron chi connectivity index (χ4n) is 3.36. The lowest BCUT2D eigenvalue weighted by Crippen LogP contribution is -2.25. The number of amides is 1. The second-order valence-corrected chi connectivity index (χ2v) is 8.60. The molecule has 0 saturated heterocycles. The molecule has 0 aliphatic carbocycles. The molecule has 0 bridgehead atoms. The smallest absolute Gasteiger partial charge is 0.340 e. The van der Waals surface area contributed by atoms with Crippen LogP contribution < -0.4 is 5.32 Å². The maximum atomic E-state index is 13.1. The number of benzene rings is 2. The monoisotopic (exact) mass is 439 g/mol. The Hall–Kier alpha value is -4.19. The zero-order valence-corrected chi connectivity index (χ0v) is 18.8. The molecule has 1 amide bonds. The number of carbonyl (C=O) groups is 2. The first-order valence-corrected chi connectivity index (χ1v) is 10.6. The number of esters is 1. The molecule has 166 valence electrons. The number of anilines is 1. The summed E-state index contributed by atoms with van der Waals surface area (Å²) in [6.45, 7) is 5.42. The minimum atomic E-state index is -0.661. The van der Waals surface area contributed by atoms with Gasteiger partial charge in [0.1, 0.15) is 5.60 Å². The second kappa shape index (κ2) is 9.12. The molecule has 0 aliphatic rings. The van der Waals surface area contributed by atoms with Crippen LogP contribution in [0.4, 0.5) is 5.69 Å². The van der Waals surface area contributed by atoms with Crippen LogP contribution in [0.15, 0.2) is 91.5 Å². The number of pyridine rings is 1. The van der Waals surface area contributed by atoms with Gasteiger partial charge in [-0.25, -0.2) is 4.79 Å². The van der Waals surface area contributed by atoms with Gasteiger partial charge in [0.25, 0.3) is 5.91 Å². The molecule has 4 aromatic rings. The van der Waals surface area contributed by atoms with Crippen LogP contribution in [-0.2, 0) is 4.74 Å². The van der Waals surface area contributed by atoms with Crippen LogP contribution >= 0.6 is 0 Å². The summed E-state index contributed by atoms with van der Waals surface area (Å²) in [6, 6.07) is 20.6. The Morgan fingerprint density at radius 2 is 1.61 bits per heavy atom. The number of aromatic nitrogens is 2. The van der Waals surface area contributed by atoms with E-state index in [0.717, 1.165) is 16.8 Å². The van der Waals surface area contributed by atoms with Crippen LogP contribution in [0, 0.1) is 0 Å². The van der Waals surface area contributed by atoms with Crippen molar-refractivity contribution < 1.29 is 14.3 Å². The van der Waals surface area contributed by atoms with Gasteiger partial charge in [0.2, 0.25) is 0 Å². The van der Waals surface area contributed by atoms with Crippen molar-refractivity contribution in [1.82, 2.24) is 9.55 Å². The number of hydrogen-bond acceptors (Lipinski definition) is 4. The van der Waals surface area contributed by atoms with E-state index in [1.165, 1.54) is 6.20 Å². The summed E-state index contributed by atoms with van der Waals surface area (Å²) in [4.78, 5) is 30.2. The average molecular weight is 440 g/mol. The molecule has 0 saturated carbocycles. The van der Waals surface area contributed by atoms with Crippen molar-refractivity contribution in [3.8, 4) is 16.8 Å². The van der Waals surface area contributed by atoms with Crippen LogP contribution in [0.25, 0.3) is 16.8 Å². The summed E-state index contributed by atoms with van der Waals surface area (Å²) in [7, 11) is 0. The summed E-state index contributed by atoms with van der Waals surface area (Å²) >= 11 is 0. The molecule has 6 heteroatoms. The maximum absolute atomic E-state index is 13.1. The third-order valence-electron chi connectivity index (χ3n) is 4.88. The molecular weight excluding hydrogens is 414 g/mol. The van der Waals surface area contributed by atoms with E-state index < -0.39 is 11.6 Å². The van der Waals surface area contributed by atoms with E-state index in [4.69, 9.17) is 4.74 Å². The molecule has 6 nitrogen and oxygen atoms in total. The molecular formula is C27H25N3O3. The molecule has 0 atom stereocenters. The summed E-state index contributed by atoms with van der Waals surface area (Å²) in [5.41, 5.74) is 2.98. The normalized spacial score (nSPS) is 11.1. The van der Waals surface area contributed by atoms with Crippen LogP contribution in [-0.4, -0.2) is 27.0 Å². The van der Waals surface area contributed by atoms with E-state index in [2.05, 4.69) is 10.3 Å². The molecule has 0 unspecified atom stereocenters. The molecule has 0 aliphatic heterocycles. The van der Waals surface area contributed by atoms with Gasteiger partial charge in [-0.05, 0) is 62.2 Å². The standard InChI is InChI=1S/C27H25N3O3/c1-27(2,3)33-26(32)23-12-11-20(19-9-5-4-6-10-19)16-24(23)29-25(31)21-15-22(18-28-17-21)30-13-7-8-14-30/h4-18H,1-3H3,(H,29,31). The van der Waals surface area contributed by atoms with Gasteiger partial charge in [-0.2, -0.15) is 0 Å². The van der Waals surface area contributed by atoms with Crippen LogP contribution in [0.2, 0.25) is 0 Å². The van der Waals surface area contributed by atoms with E-state index in [1.807, 2.05) is 65.5 Å². The molecule has 2 aromatic heterocycles. The van der Waals surface area contributed by atoms with Gasteiger partial charge in [-0.15, -0.1) is 0 Å². The van der Waals surface area contributed by atoms with E-state index >= 15 is 0 Å². The first-order valence-electron chi connectivity index (χ1n) is 10.6. The Balaban J connectivity index is 1.69. The van der Waals surface area contributed by atoms with Crippen LogP contribution in [0.3, 0.4) is 0 Å². The molecule has 2 heterocycles. The Morgan fingerprint density at radius 3 is 2.30 bits per heavy atom. The summed E-state index contributed by atoms with van der Waals surface area (Å²) in [6.07, 6.45) is 6.93. The van der Waals surface area contributed by atoms with Gasteiger partial charge in [0.05, 0.1) is 28.7 Å². The van der Waals surface area contributed by atoms with E-state index in [0.29, 0.717) is 11.3 Å². The quantitative estimate of drug-likeness (QED) is 0.402. The number of rotatable bonds is 5. The molecule has 1 N–H and O–H groups in total. The third kappa shape index (κ3) is 5.36. The Bertz CT molecular complexity index is 1270. The SMILES string of the molecule is CC(C)(C)OC(=O)c1ccc(-c2ccccc2)cc1NC(=O)c1cncc(-n2cccc2)c1. The first-order chi connectivity index (χ1) is 15.8. The molecule has 0 spiro atoms. The van der Waals surface area contributed by atoms with Crippen molar-refractivity contribution in [2.45, 2.75) is 26.4 Å². The molecule has 33 heavy (non-hydrogen) atoms. The number of hydrogen-bond donors (Lipinski definition) is 1. The van der Waals surface area contributed by atoms with Gasteiger partial charge >= 0.3 is 5.97 Å². The number of ether oxygens (including phenoxy) is 1. The van der Waals surface area contributed by atoms with Crippen LogP contribution in [0.1, 0.15) is 41.5 Å². The zero-order chi connectivity index (χ0) is 23.4. The third-order valence-corrected chi connectivity index (χ3v) is 4.88. The zero-order valence-electron chi connectivity index (χ0n) is 18.8. The summed E-state index contributed by atoms with van der Waals surface area (Å²) < 4.78 is 7.43. The predicted octanol–water partition coefficient (Wildman–Crippen LogP) is 5.75. The van der Waals surface area contributed by atoms with Crippen molar-refractivity contribution in [2.75, 3.05) is 5.32 Å². The molecule has 4 rings (SSSR count). The number of carbonyl (C=O) groups excluding carboxylic acids is 2. The minimum Gasteiger partial charge on any atom is -0.456 e. The van der Waals surface area contributed by atoms with Crippen molar-refractivity contribution in [1.29, 1.82) is 0 Å². The maximum Gasteiger partial charge on any atom is 0.340 e. The van der Waals surface area contributed by atoms with Gasteiger partial charge in [-0.3, -0.25) is 9.78 Å². The van der Waals surface area contributed by atoms with Crippen molar-refractivity contribution in [3.63, 3.8) is 0 Å².